The van der Waals surface area contributed by atoms with E-state index >= 15 is 4.39 Å². The number of alkyl carbamates (subject to hydrolysis) is 1. The Balaban J connectivity index is 1.19. The molecule has 2 saturated heterocycles. The molecule has 1 saturated carbocycles. The van der Waals surface area contributed by atoms with E-state index in [0.717, 1.165) is 79.8 Å². The highest BCUT2D eigenvalue weighted by Crippen LogP contribution is 2.39. The van der Waals surface area contributed by atoms with Crippen molar-refractivity contribution in [1.29, 1.82) is 0 Å². The van der Waals surface area contributed by atoms with Crippen molar-refractivity contribution >= 4 is 28.4 Å². The van der Waals surface area contributed by atoms with Gasteiger partial charge in [-0.3, -0.25) is 19.7 Å². The van der Waals surface area contributed by atoms with Crippen molar-refractivity contribution in [3.63, 3.8) is 0 Å². The van der Waals surface area contributed by atoms with Crippen LogP contribution in [0.3, 0.4) is 0 Å². The fraction of sp³-hybridized carbons (Fsp3) is 0.512. The number of nitrogens with zero attached hydrogens (tertiary/aromatic N) is 6. The lowest BCUT2D eigenvalue weighted by atomic mass is 10.0. The van der Waals surface area contributed by atoms with Gasteiger partial charge in [0.15, 0.2) is 5.43 Å². The first-order valence-electron chi connectivity index (χ1n) is 18.8. The molecule has 11 heteroatoms. The predicted octanol–water partition coefficient (Wildman–Crippen LogP) is 7.05. The topological polar surface area (TPSA) is 95.8 Å². The van der Waals surface area contributed by atoms with E-state index in [2.05, 4.69) is 53.9 Å². The lowest BCUT2D eigenvalue weighted by Crippen LogP contribution is -2.49. The van der Waals surface area contributed by atoms with Gasteiger partial charge in [-0.2, -0.15) is 0 Å². The summed E-state index contributed by atoms with van der Waals surface area (Å²) in [6.45, 7) is 13.6. The number of benzene rings is 1. The van der Waals surface area contributed by atoms with Crippen LogP contribution < -0.4 is 20.5 Å². The van der Waals surface area contributed by atoms with Crippen LogP contribution in [-0.4, -0.2) is 69.4 Å². The van der Waals surface area contributed by atoms with Gasteiger partial charge >= 0.3 is 6.09 Å². The van der Waals surface area contributed by atoms with Crippen molar-refractivity contribution in [3.8, 4) is 0 Å². The minimum atomic E-state index is -0.598. The summed E-state index contributed by atoms with van der Waals surface area (Å²) in [6, 6.07) is 12.0. The predicted molar refractivity (Wildman–Crippen MR) is 203 cm³/mol. The molecule has 4 aromatic rings. The van der Waals surface area contributed by atoms with Gasteiger partial charge in [0, 0.05) is 92.1 Å². The molecule has 10 nitrogen and oxygen atoms in total. The minimum absolute atomic E-state index is 0.119. The second-order valence-electron chi connectivity index (χ2n) is 16.0. The van der Waals surface area contributed by atoms with Gasteiger partial charge in [-0.1, -0.05) is 0 Å². The van der Waals surface area contributed by atoms with Crippen LogP contribution in [0.15, 0.2) is 59.8 Å². The Morgan fingerprint density at radius 3 is 2.48 bits per heavy atom. The smallest absolute Gasteiger partial charge is 0.407 e. The van der Waals surface area contributed by atoms with Crippen molar-refractivity contribution < 1.29 is 13.9 Å². The van der Waals surface area contributed by atoms with Gasteiger partial charge in [0.2, 0.25) is 0 Å². The molecule has 3 fully saturated rings. The largest absolute Gasteiger partial charge is 0.444 e. The zero-order chi connectivity index (χ0) is 36.6. The number of halogens is 1. The Hall–Kier alpha value is -4.51. The lowest BCUT2D eigenvalue weighted by molar-refractivity contribution is 0.0500. The maximum Gasteiger partial charge on any atom is 0.407 e. The maximum atomic E-state index is 16.2. The Bertz CT molecular complexity index is 1970. The number of rotatable bonds is 9. The molecule has 276 valence electrons. The Morgan fingerprint density at radius 2 is 1.75 bits per heavy atom. The molecule has 3 aromatic heterocycles. The Labute approximate surface area is 306 Å². The van der Waals surface area contributed by atoms with Crippen LogP contribution in [0, 0.1) is 19.7 Å². The number of anilines is 2. The SMILES string of the molecule is Cc1ccc(N2CCC[C@H](N(Cc3ccnc(C)c3)Cc3cn(C4CC4)c4cc(N5CCC[C@H](NC(=O)OC(C)(C)C)C5)c(F)cc4c3=O)C2)cn1. The third-order valence-corrected chi connectivity index (χ3v) is 10.5. The fourth-order valence-corrected chi connectivity index (χ4v) is 7.82. The highest BCUT2D eigenvalue weighted by atomic mass is 19.1. The Morgan fingerprint density at radius 1 is 0.962 bits per heavy atom. The van der Waals surface area contributed by atoms with E-state index < -0.39 is 17.5 Å². The van der Waals surface area contributed by atoms with Crippen molar-refractivity contribution in [2.24, 2.45) is 0 Å². The summed E-state index contributed by atoms with van der Waals surface area (Å²) in [4.78, 5) is 42.7. The summed E-state index contributed by atoms with van der Waals surface area (Å²) < 4.78 is 23.9. The molecule has 1 aliphatic carbocycles. The van der Waals surface area contributed by atoms with Crippen LogP contribution in [0.2, 0.25) is 0 Å². The number of fused-ring (bicyclic) bond motifs is 1. The normalized spacial score (nSPS) is 19.7. The number of hydrogen-bond acceptors (Lipinski definition) is 8. The highest BCUT2D eigenvalue weighted by Gasteiger charge is 2.31. The minimum Gasteiger partial charge on any atom is -0.444 e. The average Bonchev–Trinajstić information content (AvgIpc) is 3.94. The molecule has 0 spiro atoms. The number of ether oxygens (including phenoxy) is 1. The zero-order valence-electron chi connectivity index (χ0n) is 31.2. The van der Waals surface area contributed by atoms with Crippen molar-refractivity contribution in [1.82, 2.24) is 24.8 Å². The molecule has 0 bridgehead atoms. The van der Waals surface area contributed by atoms with E-state index in [0.29, 0.717) is 42.8 Å². The molecule has 7 rings (SSSR count). The third kappa shape index (κ3) is 8.41. The number of amides is 1. The van der Waals surface area contributed by atoms with Crippen LogP contribution in [-0.2, 0) is 17.8 Å². The third-order valence-electron chi connectivity index (χ3n) is 10.5. The monoisotopic (exact) mass is 709 g/mol. The van der Waals surface area contributed by atoms with Crippen LogP contribution in [0.4, 0.5) is 20.6 Å². The molecule has 3 aliphatic rings. The van der Waals surface area contributed by atoms with E-state index in [1.807, 2.05) is 64.2 Å². The molecule has 5 heterocycles. The van der Waals surface area contributed by atoms with E-state index in [9.17, 15) is 9.59 Å². The number of pyridine rings is 3. The molecule has 1 amide bonds. The van der Waals surface area contributed by atoms with Gasteiger partial charge < -0.3 is 24.4 Å². The maximum absolute atomic E-state index is 16.2. The number of carbonyl (C=O) groups excluding carboxylic acids is 1. The average molecular weight is 710 g/mol. The zero-order valence-corrected chi connectivity index (χ0v) is 31.2. The molecule has 2 atom stereocenters. The summed E-state index contributed by atoms with van der Waals surface area (Å²) >= 11 is 0. The van der Waals surface area contributed by atoms with Gasteiger partial charge in [-0.05, 0) is 115 Å². The van der Waals surface area contributed by atoms with Crippen LogP contribution in [0.5, 0.6) is 0 Å². The number of carbonyl (C=O) groups is 1. The number of hydrogen-bond donors (Lipinski definition) is 1. The van der Waals surface area contributed by atoms with E-state index in [-0.39, 0.29) is 23.6 Å². The second kappa shape index (κ2) is 14.8. The first kappa shape index (κ1) is 35.9. The summed E-state index contributed by atoms with van der Waals surface area (Å²) in [5.41, 5.74) is 5.42. The van der Waals surface area contributed by atoms with Gasteiger partial charge in [0.25, 0.3) is 0 Å². The van der Waals surface area contributed by atoms with E-state index in [1.54, 1.807) is 0 Å². The van der Waals surface area contributed by atoms with Gasteiger partial charge in [0.05, 0.1) is 23.1 Å². The van der Waals surface area contributed by atoms with Crippen LogP contribution in [0.1, 0.15) is 87.9 Å². The first-order valence-corrected chi connectivity index (χ1v) is 18.8. The van der Waals surface area contributed by atoms with Crippen LogP contribution in [0.25, 0.3) is 10.9 Å². The lowest BCUT2D eigenvalue weighted by Gasteiger charge is -2.40. The fourth-order valence-electron chi connectivity index (χ4n) is 7.82. The number of nitrogens with one attached hydrogen (secondary N) is 1. The summed E-state index contributed by atoms with van der Waals surface area (Å²) in [7, 11) is 0. The molecule has 0 radical (unpaired) electrons. The first-order chi connectivity index (χ1) is 24.9. The number of aromatic nitrogens is 3. The molecule has 1 aromatic carbocycles. The van der Waals surface area contributed by atoms with Crippen molar-refractivity contribution in [2.45, 2.75) is 110 Å². The summed E-state index contributed by atoms with van der Waals surface area (Å²) in [6.07, 6.45) is 11.1. The molecule has 2 aliphatic heterocycles. The van der Waals surface area contributed by atoms with Gasteiger partial charge in [-0.25, -0.2) is 9.18 Å². The van der Waals surface area contributed by atoms with Gasteiger partial charge in [0.1, 0.15) is 11.4 Å². The van der Waals surface area contributed by atoms with E-state index in [1.165, 1.54) is 6.07 Å². The summed E-state index contributed by atoms with van der Waals surface area (Å²) in [5, 5.41) is 3.39. The second-order valence-corrected chi connectivity index (χ2v) is 16.0. The van der Waals surface area contributed by atoms with E-state index in [4.69, 9.17) is 4.74 Å². The number of piperidine rings is 2. The molecule has 0 unspecified atom stereocenters. The molecular weight excluding hydrogens is 657 g/mol. The quantitative estimate of drug-likeness (QED) is 0.198. The number of aryl methyl sites for hydroxylation is 2. The summed E-state index contributed by atoms with van der Waals surface area (Å²) in [5.74, 6) is -0.416. The van der Waals surface area contributed by atoms with Crippen molar-refractivity contribution in [3.05, 3.63) is 93.5 Å². The van der Waals surface area contributed by atoms with Gasteiger partial charge in [-0.15, -0.1) is 0 Å². The molecule has 1 N–H and O–H groups in total. The Kier molecular flexibility index (Phi) is 10.2. The van der Waals surface area contributed by atoms with Crippen molar-refractivity contribution in [2.75, 3.05) is 36.0 Å². The molecular formula is C41H52FN7O3. The highest BCUT2D eigenvalue weighted by molar-refractivity contribution is 5.84. The molecule has 52 heavy (non-hydrogen) atoms. The standard InChI is InChI=1S/C41H52FN7O3/c1-27-10-11-33(21-44-27)46-16-7-9-34(26-46)48(22-29-14-15-43-28(2)18-29)23-30-24-49(32-12-13-32)37-20-38(36(42)19-35(37)39(30)50)47-17-6-8-31(25-47)45-40(51)52-41(3,4)5/h10-11,14-15,18-21,24,31-32,34H,6-9,12-13,16-17,22-23,25-26H2,1-5H3,(H,45,51)/t31-,34-/m0/s1. The van der Waals surface area contributed by atoms with Crippen LogP contribution >= 0.6 is 0 Å².